The molecule has 1 saturated carbocycles. The molecule has 0 radical (unpaired) electrons. The summed E-state index contributed by atoms with van der Waals surface area (Å²) in [6, 6.07) is 8.86. The fourth-order valence-corrected chi connectivity index (χ4v) is 7.71. The molecule has 2 aliphatic heterocycles. The van der Waals surface area contributed by atoms with Gasteiger partial charge in [0.05, 0.1) is 11.0 Å². The summed E-state index contributed by atoms with van der Waals surface area (Å²) in [7, 11) is 3.08. The molecule has 10 heteroatoms. The SMILES string of the molecule is CCC1=C2CC2CC(N2C3CCCC2CC(n2c(=O)c(/C(=N/OCC(=O)O)C(=O)N(C)C)nc4ccccc42)C3)C1. The highest BCUT2D eigenvalue weighted by molar-refractivity contribution is 6.44. The van der Waals surface area contributed by atoms with Gasteiger partial charge >= 0.3 is 5.97 Å². The fraction of sp³-hybridized carbons (Fsp3) is 0.581. The number of benzene rings is 1. The Bertz CT molecular complexity index is 1480. The first-order chi connectivity index (χ1) is 19.8. The normalized spacial score (nSPS) is 27.9. The fourth-order valence-electron chi connectivity index (χ4n) is 7.71. The van der Waals surface area contributed by atoms with E-state index in [0.29, 0.717) is 23.6 Å². The number of allylic oxidation sites excluding steroid dienone is 1. The Morgan fingerprint density at radius 1 is 1.07 bits per heavy atom. The highest BCUT2D eigenvalue weighted by Crippen LogP contribution is 2.53. The minimum Gasteiger partial charge on any atom is -0.479 e. The Kier molecular flexibility index (Phi) is 7.44. The average molecular weight is 562 g/mol. The predicted octanol–water partition coefficient (Wildman–Crippen LogP) is 3.74. The third kappa shape index (κ3) is 5.18. The van der Waals surface area contributed by atoms with Crippen molar-refractivity contribution in [2.45, 2.75) is 88.9 Å². The molecule has 218 valence electrons. The number of piperidine rings is 2. The lowest BCUT2D eigenvalue weighted by Gasteiger charge is -2.53. The third-order valence-electron chi connectivity index (χ3n) is 9.48. The van der Waals surface area contributed by atoms with E-state index in [9.17, 15) is 14.4 Å². The van der Waals surface area contributed by atoms with Gasteiger partial charge in [-0.3, -0.25) is 14.5 Å². The highest BCUT2D eigenvalue weighted by Gasteiger charge is 2.47. The van der Waals surface area contributed by atoms with Gasteiger partial charge in [-0.05, 0) is 69.4 Å². The number of para-hydroxylation sites is 2. The van der Waals surface area contributed by atoms with E-state index in [1.807, 2.05) is 28.8 Å². The molecule has 1 aromatic heterocycles. The smallest absolute Gasteiger partial charge is 0.344 e. The van der Waals surface area contributed by atoms with Crippen molar-refractivity contribution in [3.63, 3.8) is 0 Å². The number of likely N-dealkylation sites (N-methyl/N-ethyl adjacent to an activating group) is 1. The molecule has 2 bridgehead atoms. The highest BCUT2D eigenvalue weighted by atomic mass is 16.6. The Morgan fingerprint density at radius 3 is 2.49 bits per heavy atom. The number of carboxylic acid groups (broad SMARTS) is 1. The van der Waals surface area contributed by atoms with Crippen molar-refractivity contribution in [1.82, 2.24) is 19.4 Å². The van der Waals surface area contributed by atoms with E-state index in [1.54, 1.807) is 25.2 Å². The summed E-state index contributed by atoms with van der Waals surface area (Å²) < 4.78 is 1.83. The van der Waals surface area contributed by atoms with Crippen LogP contribution in [0.5, 0.6) is 0 Å². The first-order valence-corrected chi connectivity index (χ1v) is 14.9. The first-order valence-electron chi connectivity index (χ1n) is 14.9. The molecule has 1 amide bonds. The monoisotopic (exact) mass is 561 g/mol. The van der Waals surface area contributed by atoms with Crippen LogP contribution in [0, 0.1) is 5.92 Å². The number of rotatable bonds is 8. The first kappa shape index (κ1) is 27.6. The summed E-state index contributed by atoms with van der Waals surface area (Å²) >= 11 is 0. The number of amides is 1. The van der Waals surface area contributed by atoms with E-state index in [-0.39, 0.29) is 17.4 Å². The number of carbonyl (C=O) groups excluding carboxylic acids is 1. The van der Waals surface area contributed by atoms with Crippen molar-refractivity contribution in [1.29, 1.82) is 0 Å². The predicted molar refractivity (Wildman–Crippen MR) is 155 cm³/mol. The quantitative estimate of drug-likeness (QED) is 0.296. The molecular weight excluding hydrogens is 522 g/mol. The second kappa shape index (κ2) is 11.0. The Hall–Kier alpha value is -3.53. The van der Waals surface area contributed by atoms with E-state index >= 15 is 0 Å². The molecule has 0 spiro atoms. The minimum absolute atomic E-state index is 0.0439. The molecule has 1 N–H and O–H groups in total. The van der Waals surface area contributed by atoms with Crippen LogP contribution in [-0.2, 0) is 14.4 Å². The van der Waals surface area contributed by atoms with Crippen molar-refractivity contribution in [3.05, 3.63) is 51.5 Å². The third-order valence-corrected chi connectivity index (χ3v) is 9.48. The molecule has 4 atom stereocenters. The standard InChI is InChI=1S/C31H39N5O5/c1-4-18-12-22(13-19-14-24(18)19)35-20-8-7-9-21(35)16-23(15-20)36-26-11-6-5-10-25(26)32-28(31(36)40)29(30(39)34(2)3)33-41-17-27(37)38/h5-6,10-11,19-23H,4,7-9,12-17H2,1-3H3,(H,37,38)/b33-29-. The number of fused-ring (bicyclic) bond motifs is 4. The van der Waals surface area contributed by atoms with Gasteiger partial charge in [0.25, 0.3) is 11.5 Å². The number of hydrogen-bond acceptors (Lipinski definition) is 7. The van der Waals surface area contributed by atoms with Gasteiger partial charge in [0.1, 0.15) is 0 Å². The van der Waals surface area contributed by atoms with E-state index in [4.69, 9.17) is 9.94 Å². The van der Waals surface area contributed by atoms with Gasteiger partial charge in [0.2, 0.25) is 6.61 Å². The molecule has 3 fully saturated rings. The molecule has 4 aliphatic rings. The molecule has 4 unspecified atom stereocenters. The Labute approximate surface area is 239 Å². The molecule has 6 rings (SSSR count). The van der Waals surface area contributed by atoms with Crippen LogP contribution in [0.4, 0.5) is 0 Å². The van der Waals surface area contributed by atoms with Crippen LogP contribution >= 0.6 is 0 Å². The minimum atomic E-state index is -1.23. The van der Waals surface area contributed by atoms with Crippen LogP contribution in [0.15, 0.2) is 45.4 Å². The topological polar surface area (TPSA) is 117 Å². The summed E-state index contributed by atoms with van der Waals surface area (Å²) in [5.41, 5.74) is 3.91. The molecule has 41 heavy (non-hydrogen) atoms. The number of hydrogen-bond donors (Lipinski definition) is 1. The van der Waals surface area contributed by atoms with Crippen LogP contribution in [0.2, 0.25) is 0 Å². The van der Waals surface area contributed by atoms with Gasteiger partial charge in [0, 0.05) is 38.3 Å². The molecule has 3 heterocycles. The van der Waals surface area contributed by atoms with Gasteiger partial charge < -0.3 is 19.4 Å². The van der Waals surface area contributed by atoms with Crippen LogP contribution in [0.3, 0.4) is 0 Å². The zero-order valence-corrected chi connectivity index (χ0v) is 24.1. The molecule has 2 aromatic rings. The second-order valence-electron chi connectivity index (χ2n) is 12.2. The zero-order valence-electron chi connectivity index (χ0n) is 24.1. The maximum absolute atomic E-state index is 14.2. The van der Waals surface area contributed by atoms with Gasteiger partial charge in [-0.1, -0.05) is 41.8 Å². The van der Waals surface area contributed by atoms with Crippen molar-refractivity contribution >= 4 is 28.6 Å². The van der Waals surface area contributed by atoms with Gasteiger partial charge in [-0.25, -0.2) is 9.78 Å². The summed E-state index contributed by atoms with van der Waals surface area (Å²) in [6.45, 7) is 1.56. The van der Waals surface area contributed by atoms with E-state index in [0.717, 1.165) is 43.5 Å². The number of nitrogens with zero attached hydrogens (tertiary/aromatic N) is 5. The molecule has 1 aromatic carbocycles. The number of carboxylic acids is 1. The van der Waals surface area contributed by atoms with Crippen molar-refractivity contribution in [3.8, 4) is 0 Å². The number of oxime groups is 1. The molecule has 10 nitrogen and oxygen atoms in total. The lowest BCUT2D eigenvalue weighted by atomic mass is 9.78. The van der Waals surface area contributed by atoms with Crippen LogP contribution in [-0.4, -0.2) is 80.9 Å². The maximum atomic E-state index is 14.2. The van der Waals surface area contributed by atoms with Gasteiger partial charge in [-0.15, -0.1) is 0 Å². The lowest BCUT2D eigenvalue weighted by Crippen LogP contribution is -2.57. The second-order valence-corrected chi connectivity index (χ2v) is 12.2. The van der Waals surface area contributed by atoms with Crippen LogP contribution in [0.25, 0.3) is 11.0 Å². The van der Waals surface area contributed by atoms with Gasteiger partial charge in [0.15, 0.2) is 11.4 Å². The Balaban J connectivity index is 1.38. The molecular formula is C31H39N5O5. The summed E-state index contributed by atoms with van der Waals surface area (Å²) in [4.78, 5) is 52.0. The zero-order chi connectivity index (χ0) is 28.8. The number of carbonyl (C=O) groups is 2. The summed E-state index contributed by atoms with van der Waals surface area (Å²) in [5, 5.41) is 12.8. The summed E-state index contributed by atoms with van der Waals surface area (Å²) in [5.74, 6) is -1.03. The largest absolute Gasteiger partial charge is 0.479 e. The van der Waals surface area contributed by atoms with Crippen molar-refractivity contribution in [2.24, 2.45) is 11.1 Å². The maximum Gasteiger partial charge on any atom is 0.344 e. The Morgan fingerprint density at radius 2 is 1.80 bits per heavy atom. The van der Waals surface area contributed by atoms with E-state index in [1.165, 1.54) is 30.6 Å². The van der Waals surface area contributed by atoms with E-state index in [2.05, 4.69) is 22.0 Å². The summed E-state index contributed by atoms with van der Waals surface area (Å²) in [6.07, 6.45) is 10.1. The van der Waals surface area contributed by atoms with Crippen molar-refractivity contribution < 1.29 is 19.5 Å². The number of aromatic nitrogens is 2. The van der Waals surface area contributed by atoms with Gasteiger partial charge in [-0.2, -0.15) is 0 Å². The number of aliphatic carboxylic acids is 1. The average Bonchev–Trinajstić information content (AvgIpc) is 3.73. The van der Waals surface area contributed by atoms with E-state index < -0.39 is 24.0 Å². The van der Waals surface area contributed by atoms with Crippen LogP contribution < -0.4 is 5.56 Å². The van der Waals surface area contributed by atoms with Crippen molar-refractivity contribution in [2.75, 3.05) is 20.7 Å². The lowest BCUT2D eigenvalue weighted by molar-refractivity contribution is -0.142. The molecule has 2 saturated heterocycles. The molecule has 2 aliphatic carbocycles. The van der Waals surface area contributed by atoms with Crippen LogP contribution in [0.1, 0.15) is 76.4 Å².